The number of nitrogens with one attached hydrogen (secondary N) is 1. The first kappa shape index (κ1) is 25.8. The van der Waals surface area contributed by atoms with Crippen molar-refractivity contribution in [2.45, 2.75) is 50.8 Å². The van der Waals surface area contributed by atoms with Gasteiger partial charge in [-0.3, -0.25) is 9.69 Å². The van der Waals surface area contributed by atoms with Gasteiger partial charge in [0.25, 0.3) is 0 Å². The second-order valence-corrected chi connectivity index (χ2v) is 12.3. The average Bonchev–Trinajstić information content (AvgIpc) is 3.00. The zero-order valence-electron chi connectivity index (χ0n) is 20.6. The Morgan fingerprint density at radius 3 is 2.43 bits per heavy atom. The molecule has 0 spiro atoms. The van der Waals surface area contributed by atoms with Crippen molar-refractivity contribution in [3.05, 3.63) is 45.3 Å². The average molecular weight is 520 g/mol. The molecular formula is C25H33N3O5S2. The monoisotopic (exact) mass is 519 g/mol. The van der Waals surface area contributed by atoms with Crippen LogP contribution in [0.5, 0.6) is 0 Å². The lowest BCUT2D eigenvalue weighted by molar-refractivity contribution is -0.117. The Balaban J connectivity index is 1.38. The number of methoxy groups -OCH3 is 1. The van der Waals surface area contributed by atoms with E-state index in [1.165, 1.54) is 22.8 Å². The van der Waals surface area contributed by atoms with Gasteiger partial charge in [-0.2, -0.15) is 4.31 Å². The van der Waals surface area contributed by atoms with Crippen LogP contribution in [0.4, 0.5) is 5.00 Å². The summed E-state index contributed by atoms with van der Waals surface area (Å²) in [6.45, 7) is 5.57. The van der Waals surface area contributed by atoms with Gasteiger partial charge in [0.1, 0.15) is 5.00 Å². The van der Waals surface area contributed by atoms with E-state index in [-0.39, 0.29) is 12.5 Å². The van der Waals surface area contributed by atoms with Crippen LogP contribution in [0, 0.1) is 13.8 Å². The standard InChI is InChI=1S/C25H33N3O5S2/c1-17-9-10-19(15-18(17)2)35(31,32)28-13-11-27(12-14-28)16-22(29)26-24-23(25(30)33-3)20-7-5-4-6-8-21(20)34-24/h9-10,15H,4-8,11-14,16H2,1-3H3,(H,26,29). The van der Waals surface area contributed by atoms with E-state index < -0.39 is 16.0 Å². The Hall–Kier alpha value is -2.27. The fourth-order valence-electron chi connectivity index (χ4n) is 4.67. The zero-order chi connectivity index (χ0) is 25.2. The van der Waals surface area contributed by atoms with Crippen LogP contribution in [-0.4, -0.2) is 69.3 Å². The number of anilines is 1. The molecule has 1 aromatic carbocycles. The SMILES string of the molecule is COC(=O)c1c(NC(=O)CN2CCN(S(=O)(=O)c3ccc(C)c(C)c3)CC2)sc2c1CCCCC2. The third-order valence-electron chi connectivity index (χ3n) is 6.88. The second-order valence-electron chi connectivity index (χ2n) is 9.23. The molecule has 2 aromatic rings. The number of piperazine rings is 1. The van der Waals surface area contributed by atoms with Crippen molar-refractivity contribution in [3.8, 4) is 0 Å². The lowest BCUT2D eigenvalue weighted by Crippen LogP contribution is -2.50. The molecule has 10 heteroatoms. The first-order chi connectivity index (χ1) is 16.7. The molecule has 1 aromatic heterocycles. The van der Waals surface area contributed by atoms with Gasteiger partial charge in [-0.15, -0.1) is 11.3 Å². The quantitative estimate of drug-likeness (QED) is 0.464. The van der Waals surface area contributed by atoms with E-state index in [0.717, 1.165) is 53.7 Å². The summed E-state index contributed by atoms with van der Waals surface area (Å²) in [5.74, 6) is -0.623. The van der Waals surface area contributed by atoms with Crippen molar-refractivity contribution >= 4 is 38.2 Å². The first-order valence-corrected chi connectivity index (χ1v) is 14.3. The van der Waals surface area contributed by atoms with E-state index in [9.17, 15) is 18.0 Å². The van der Waals surface area contributed by atoms with Crippen LogP contribution in [0.15, 0.2) is 23.1 Å². The maximum atomic E-state index is 13.1. The fourth-order valence-corrected chi connectivity index (χ4v) is 7.47. The lowest BCUT2D eigenvalue weighted by atomic mass is 10.1. The Labute approximate surface area is 211 Å². The maximum Gasteiger partial charge on any atom is 0.341 e. The molecule has 8 nitrogen and oxygen atoms in total. The van der Waals surface area contributed by atoms with Crippen LogP contribution in [0.1, 0.15) is 51.2 Å². The molecule has 4 rings (SSSR count). The molecule has 1 aliphatic carbocycles. The number of esters is 1. The molecule has 0 bridgehead atoms. The highest BCUT2D eigenvalue weighted by molar-refractivity contribution is 7.89. The molecule has 0 saturated carbocycles. The number of sulfonamides is 1. The van der Waals surface area contributed by atoms with Crippen LogP contribution < -0.4 is 5.32 Å². The summed E-state index contributed by atoms with van der Waals surface area (Å²) in [4.78, 5) is 28.8. The third-order valence-corrected chi connectivity index (χ3v) is 9.98. The van der Waals surface area contributed by atoms with Gasteiger partial charge in [0.15, 0.2) is 0 Å². The van der Waals surface area contributed by atoms with Crippen molar-refractivity contribution in [1.82, 2.24) is 9.21 Å². The minimum Gasteiger partial charge on any atom is -0.465 e. The van der Waals surface area contributed by atoms with Crippen molar-refractivity contribution in [2.24, 2.45) is 0 Å². The Bertz CT molecular complexity index is 1210. The summed E-state index contributed by atoms with van der Waals surface area (Å²) < 4.78 is 32.6. The van der Waals surface area contributed by atoms with Crippen molar-refractivity contribution < 1.29 is 22.7 Å². The van der Waals surface area contributed by atoms with E-state index in [2.05, 4.69) is 5.32 Å². The Morgan fingerprint density at radius 2 is 1.74 bits per heavy atom. The van der Waals surface area contributed by atoms with E-state index in [4.69, 9.17) is 4.74 Å². The number of fused-ring (bicyclic) bond motifs is 1. The van der Waals surface area contributed by atoms with Crippen molar-refractivity contribution in [2.75, 3.05) is 45.2 Å². The van der Waals surface area contributed by atoms with Gasteiger partial charge in [0.2, 0.25) is 15.9 Å². The molecule has 1 N–H and O–H groups in total. The Morgan fingerprint density at radius 1 is 1.03 bits per heavy atom. The minimum absolute atomic E-state index is 0.140. The highest BCUT2D eigenvalue weighted by Crippen LogP contribution is 2.38. The zero-order valence-corrected chi connectivity index (χ0v) is 22.2. The summed E-state index contributed by atoms with van der Waals surface area (Å²) in [5.41, 5.74) is 3.50. The van der Waals surface area contributed by atoms with Gasteiger partial charge in [0, 0.05) is 31.1 Å². The molecule has 1 aliphatic heterocycles. The van der Waals surface area contributed by atoms with E-state index in [1.54, 1.807) is 12.1 Å². The molecule has 35 heavy (non-hydrogen) atoms. The number of hydrogen-bond acceptors (Lipinski definition) is 7. The van der Waals surface area contributed by atoms with Gasteiger partial charge < -0.3 is 10.1 Å². The number of thiophene rings is 1. The molecule has 0 radical (unpaired) electrons. The van der Waals surface area contributed by atoms with Crippen LogP contribution in [0.3, 0.4) is 0 Å². The molecular weight excluding hydrogens is 486 g/mol. The van der Waals surface area contributed by atoms with Crippen LogP contribution >= 0.6 is 11.3 Å². The van der Waals surface area contributed by atoms with Gasteiger partial charge in [-0.1, -0.05) is 12.5 Å². The third kappa shape index (κ3) is 5.61. The number of nitrogens with zero attached hydrogens (tertiary/aromatic N) is 2. The second kappa shape index (κ2) is 10.8. The number of aryl methyl sites for hydroxylation is 3. The number of rotatable bonds is 6. The number of amides is 1. The predicted octanol–water partition coefficient (Wildman–Crippen LogP) is 3.37. The molecule has 190 valence electrons. The fraction of sp³-hybridized carbons (Fsp3) is 0.520. The van der Waals surface area contributed by atoms with Crippen LogP contribution in [0.2, 0.25) is 0 Å². The predicted molar refractivity (Wildman–Crippen MR) is 137 cm³/mol. The van der Waals surface area contributed by atoms with Gasteiger partial charge in [0.05, 0.1) is 24.1 Å². The summed E-state index contributed by atoms with van der Waals surface area (Å²) in [6.07, 6.45) is 4.97. The molecule has 2 aliphatic rings. The lowest BCUT2D eigenvalue weighted by Gasteiger charge is -2.33. The summed E-state index contributed by atoms with van der Waals surface area (Å²) >= 11 is 1.47. The van der Waals surface area contributed by atoms with Crippen molar-refractivity contribution in [3.63, 3.8) is 0 Å². The largest absolute Gasteiger partial charge is 0.465 e. The van der Waals surface area contributed by atoms with E-state index >= 15 is 0 Å². The highest BCUT2D eigenvalue weighted by Gasteiger charge is 2.30. The Kier molecular flexibility index (Phi) is 7.95. The topological polar surface area (TPSA) is 96.0 Å². The van der Waals surface area contributed by atoms with Crippen molar-refractivity contribution in [1.29, 1.82) is 0 Å². The number of carbonyl (C=O) groups is 2. The summed E-state index contributed by atoms with van der Waals surface area (Å²) in [6, 6.07) is 5.19. The number of ether oxygens (including phenoxy) is 1. The van der Waals surface area contributed by atoms with Gasteiger partial charge in [-0.25, -0.2) is 13.2 Å². The molecule has 1 saturated heterocycles. The van der Waals surface area contributed by atoms with Gasteiger partial charge in [-0.05, 0) is 68.4 Å². The molecule has 1 fully saturated rings. The van der Waals surface area contributed by atoms with Gasteiger partial charge >= 0.3 is 5.97 Å². The summed E-state index contributed by atoms with van der Waals surface area (Å²) in [7, 11) is -2.21. The number of benzene rings is 1. The summed E-state index contributed by atoms with van der Waals surface area (Å²) in [5, 5.41) is 3.49. The maximum absolute atomic E-state index is 13.1. The van der Waals surface area contributed by atoms with E-state index in [1.807, 2.05) is 24.8 Å². The number of hydrogen-bond donors (Lipinski definition) is 1. The van der Waals surface area contributed by atoms with Crippen LogP contribution in [0.25, 0.3) is 0 Å². The number of carbonyl (C=O) groups excluding carboxylic acids is 2. The molecule has 2 heterocycles. The van der Waals surface area contributed by atoms with Crippen LogP contribution in [-0.2, 0) is 32.4 Å². The normalized spacial score (nSPS) is 17.5. The molecule has 0 atom stereocenters. The minimum atomic E-state index is -3.57. The smallest absolute Gasteiger partial charge is 0.341 e. The highest BCUT2D eigenvalue weighted by atomic mass is 32.2. The molecule has 0 unspecified atom stereocenters. The van der Waals surface area contributed by atoms with E-state index in [0.29, 0.717) is 41.6 Å². The molecule has 1 amide bonds. The first-order valence-electron chi connectivity index (χ1n) is 12.0.